The number of H-pyrrole nitrogens is 1. The van der Waals surface area contributed by atoms with Crippen molar-refractivity contribution in [1.29, 1.82) is 0 Å². The van der Waals surface area contributed by atoms with E-state index >= 15 is 0 Å². The molecule has 0 aliphatic carbocycles. The fourth-order valence-electron chi connectivity index (χ4n) is 3.84. The van der Waals surface area contributed by atoms with Crippen molar-refractivity contribution in [3.63, 3.8) is 0 Å². The molecule has 4 aromatic rings. The highest BCUT2D eigenvalue weighted by Crippen LogP contribution is 2.33. The summed E-state index contributed by atoms with van der Waals surface area (Å²) in [4.78, 5) is 22.9. The number of hydrogen-bond donors (Lipinski definition) is 1. The average Bonchev–Trinajstić information content (AvgIpc) is 3.37. The summed E-state index contributed by atoms with van der Waals surface area (Å²) < 4.78 is 0. The van der Waals surface area contributed by atoms with Gasteiger partial charge in [-0.25, -0.2) is 15.1 Å². The summed E-state index contributed by atoms with van der Waals surface area (Å²) in [7, 11) is 0. The molecule has 140 valence electrons. The quantitative estimate of drug-likeness (QED) is 0.575. The molecule has 0 bridgehead atoms. The fraction of sp³-hybridized carbons (Fsp3) is 0.238. The van der Waals surface area contributed by atoms with Crippen LogP contribution in [0.4, 0.5) is 0 Å². The van der Waals surface area contributed by atoms with Crippen LogP contribution in [0.2, 0.25) is 0 Å². The molecule has 28 heavy (non-hydrogen) atoms. The second-order valence-electron chi connectivity index (χ2n) is 7.03. The first-order chi connectivity index (χ1) is 13.8. The Balaban J connectivity index is 1.36. The van der Waals surface area contributed by atoms with Gasteiger partial charge in [-0.15, -0.1) is 0 Å². The third kappa shape index (κ3) is 3.34. The molecule has 0 saturated carbocycles. The average molecular weight is 389 g/mol. The molecule has 3 aromatic heterocycles. The lowest BCUT2D eigenvalue weighted by Crippen LogP contribution is -2.23. The number of pyridine rings is 2. The number of benzene rings is 1. The third-order valence-corrected chi connectivity index (χ3v) is 6.01. The normalized spacial score (nSPS) is 17.4. The molecule has 0 spiro atoms. The summed E-state index contributed by atoms with van der Waals surface area (Å²) in [6, 6.07) is 16.9. The molecular weight excluding hydrogens is 370 g/mol. The van der Waals surface area contributed by atoms with Gasteiger partial charge < -0.3 is 0 Å². The second-order valence-corrected chi connectivity index (χ2v) is 7.99. The van der Waals surface area contributed by atoms with Crippen LogP contribution >= 0.6 is 11.3 Å². The minimum Gasteiger partial charge on any atom is -0.291 e. The van der Waals surface area contributed by atoms with Crippen LogP contribution in [-0.4, -0.2) is 31.6 Å². The van der Waals surface area contributed by atoms with E-state index in [4.69, 9.17) is 4.98 Å². The van der Waals surface area contributed by atoms with Gasteiger partial charge in [0.2, 0.25) is 0 Å². The van der Waals surface area contributed by atoms with Crippen molar-refractivity contribution in [2.24, 2.45) is 0 Å². The van der Waals surface area contributed by atoms with Crippen LogP contribution in [0, 0.1) is 0 Å². The van der Waals surface area contributed by atoms with Gasteiger partial charge in [0.05, 0.1) is 11.7 Å². The maximum Gasteiger partial charge on any atom is 0.322 e. The minimum atomic E-state index is -0.128. The predicted octanol–water partition coefficient (Wildman–Crippen LogP) is 3.78. The number of aromatic nitrogens is 4. The highest BCUT2D eigenvalue weighted by molar-refractivity contribution is 7.12. The molecule has 0 radical (unpaired) electrons. The van der Waals surface area contributed by atoms with E-state index in [1.165, 1.54) is 12.0 Å². The van der Waals surface area contributed by atoms with E-state index in [9.17, 15) is 4.79 Å². The molecule has 4 heterocycles. The van der Waals surface area contributed by atoms with Crippen molar-refractivity contribution >= 4 is 22.4 Å². The van der Waals surface area contributed by atoms with Gasteiger partial charge >= 0.3 is 4.87 Å². The van der Waals surface area contributed by atoms with Gasteiger partial charge in [0.15, 0.2) is 5.65 Å². The van der Waals surface area contributed by atoms with Crippen molar-refractivity contribution in [2.75, 3.05) is 6.54 Å². The monoisotopic (exact) mass is 389 g/mol. The predicted molar refractivity (Wildman–Crippen MR) is 110 cm³/mol. The second kappa shape index (κ2) is 7.26. The molecule has 5 rings (SSSR count). The van der Waals surface area contributed by atoms with Crippen molar-refractivity contribution in [3.05, 3.63) is 75.7 Å². The van der Waals surface area contributed by atoms with Crippen LogP contribution in [0.5, 0.6) is 0 Å². The summed E-state index contributed by atoms with van der Waals surface area (Å²) in [5, 5.41) is 8.32. The third-order valence-electron chi connectivity index (χ3n) is 5.22. The number of likely N-dealkylation sites (tertiary alicyclic amines) is 1. The van der Waals surface area contributed by atoms with Crippen LogP contribution in [0.15, 0.2) is 59.5 Å². The van der Waals surface area contributed by atoms with Gasteiger partial charge in [0.25, 0.3) is 0 Å². The maximum atomic E-state index is 11.3. The summed E-state index contributed by atoms with van der Waals surface area (Å²) in [5.74, 6) is 0. The number of rotatable bonds is 4. The zero-order valence-corrected chi connectivity index (χ0v) is 16.0. The van der Waals surface area contributed by atoms with E-state index in [0.29, 0.717) is 6.04 Å². The number of fused-ring (bicyclic) bond motifs is 1. The Bertz CT molecular complexity index is 1170. The maximum absolute atomic E-state index is 11.3. The molecule has 1 fully saturated rings. The van der Waals surface area contributed by atoms with Crippen LogP contribution in [-0.2, 0) is 6.54 Å². The van der Waals surface area contributed by atoms with Crippen molar-refractivity contribution < 1.29 is 0 Å². The van der Waals surface area contributed by atoms with E-state index in [1.807, 2.05) is 24.3 Å². The highest BCUT2D eigenvalue weighted by atomic mass is 32.1. The molecule has 1 aromatic carbocycles. The van der Waals surface area contributed by atoms with Crippen molar-refractivity contribution in [1.82, 2.24) is 25.1 Å². The van der Waals surface area contributed by atoms with Gasteiger partial charge in [-0.2, -0.15) is 5.10 Å². The van der Waals surface area contributed by atoms with Crippen LogP contribution in [0.1, 0.15) is 30.1 Å². The number of nitrogens with one attached hydrogen (secondary N) is 1. The summed E-state index contributed by atoms with van der Waals surface area (Å²) in [6.07, 6.45) is 4.08. The summed E-state index contributed by atoms with van der Waals surface area (Å²) in [5.41, 5.74) is 4.13. The van der Waals surface area contributed by atoms with Crippen molar-refractivity contribution in [3.8, 4) is 10.6 Å². The number of nitrogens with zero attached hydrogens (tertiary/aromatic N) is 4. The number of aromatic amines is 1. The highest BCUT2D eigenvalue weighted by Gasteiger charge is 2.27. The van der Waals surface area contributed by atoms with E-state index in [1.54, 1.807) is 6.20 Å². The molecule has 0 unspecified atom stereocenters. The van der Waals surface area contributed by atoms with Crippen LogP contribution in [0.25, 0.3) is 21.6 Å². The van der Waals surface area contributed by atoms with Crippen molar-refractivity contribution in [2.45, 2.75) is 25.4 Å². The molecule has 1 saturated heterocycles. The van der Waals surface area contributed by atoms with E-state index in [-0.39, 0.29) is 4.87 Å². The smallest absolute Gasteiger partial charge is 0.291 e. The zero-order chi connectivity index (χ0) is 18.9. The molecule has 0 amide bonds. The lowest BCUT2D eigenvalue weighted by molar-refractivity contribution is 0.245. The fourth-order valence-corrected chi connectivity index (χ4v) is 4.46. The Hall–Kier alpha value is -2.90. The lowest BCUT2D eigenvalue weighted by Gasteiger charge is -2.24. The Kier molecular flexibility index (Phi) is 4.46. The van der Waals surface area contributed by atoms with Gasteiger partial charge in [0, 0.05) is 23.7 Å². The van der Waals surface area contributed by atoms with Crippen LogP contribution in [0.3, 0.4) is 0 Å². The Morgan fingerprint density at radius 1 is 1.14 bits per heavy atom. The molecule has 7 heteroatoms. The van der Waals surface area contributed by atoms with E-state index in [0.717, 1.165) is 58.1 Å². The minimum absolute atomic E-state index is 0.128. The van der Waals surface area contributed by atoms with Gasteiger partial charge in [-0.3, -0.25) is 9.69 Å². The Morgan fingerprint density at radius 3 is 2.86 bits per heavy atom. The first-order valence-corrected chi connectivity index (χ1v) is 10.2. The molecule has 1 atom stereocenters. The molecule has 1 aliphatic heterocycles. The molecular formula is C21H19N5OS. The lowest BCUT2D eigenvalue weighted by atomic mass is 10.1. The Morgan fingerprint density at radius 2 is 2.04 bits per heavy atom. The molecule has 6 nitrogen and oxygen atoms in total. The molecule has 1 N–H and O–H groups in total. The van der Waals surface area contributed by atoms with Gasteiger partial charge in [-0.05, 0) is 49.2 Å². The zero-order valence-electron chi connectivity index (χ0n) is 15.2. The number of hydrogen-bond acceptors (Lipinski definition) is 6. The van der Waals surface area contributed by atoms with E-state index < -0.39 is 0 Å². The summed E-state index contributed by atoms with van der Waals surface area (Å²) in [6.45, 7) is 1.94. The Labute approximate surface area is 165 Å². The van der Waals surface area contributed by atoms with Gasteiger partial charge in [-0.1, -0.05) is 35.6 Å². The SMILES string of the molecule is O=c1[nH]nc(-c2ccc(CN3CCC[C@@H]3c3ccc4cccnc4n3)cc2)s1. The first kappa shape index (κ1) is 17.2. The molecule has 1 aliphatic rings. The topological polar surface area (TPSA) is 74.8 Å². The van der Waals surface area contributed by atoms with Crippen LogP contribution < -0.4 is 4.87 Å². The standard InChI is InChI=1S/C21H19N5OS/c27-21-25-24-20(28-21)16-7-5-14(6-8-16)13-26-12-2-4-18(26)17-10-9-15-3-1-11-22-19(15)23-17/h1,3,5-11,18H,2,4,12-13H2,(H,25,27)/t18-/m1/s1. The largest absolute Gasteiger partial charge is 0.322 e. The summed E-state index contributed by atoms with van der Waals surface area (Å²) >= 11 is 1.13. The van der Waals surface area contributed by atoms with Gasteiger partial charge in [0.1, 0.15) is 5.01 Å². The van der Waals surface area contributed by atoms with E-state index in [2.05, 4.69) is 44.3 Å². The first-order valence-electron chi connectivity index (χ1n) is 9.37.